The number of phosphoric ester groups is 2. The van der Waals surface area contributed by atoms with E-state index in [2.05, 4.69) is 65.8 Å². The highest BCUT2D eigenvalue weighted by Crippen LogP contribution is 2.45. The molecule has 0 fully saturated rings. The van der Waals surface area contributed by atoms with Crippen molar-refractivity contribution in [2.45, 2.75) is 464 Å². The first-order valence-corrected chi connectivity index (χ1v) is 47.8. The number of allylic oxidation sites excluding steroid dienone is 4. The van der Waals surface area contributed by atoms with Crippen molar-refractivity contribution in [1.29, 1.82) is 0 Å². The average molecular weight is 1560 g/mol. The first-order chi connectivity index (χ1) is 51.9. The molecule has 0 aromatic rings. The molecule has 0 heterocycles. The minimum atomic E-state index is -4.97. The summed E-state index contributed by atoms with van der Waals surface area (Å²) in [7, 11) is -9.94. The molecule has 0 spiro atoms. The van der Waals surface area contributed by atoms with Crippen LogP contribution in [-0.4, -0.2) is 96.7 Å². The van der Waals surface area contributed by atoms with Gasteiger partial charge in [-0.1, -0.05) is 393 Å². The second-order valence-electron chi connectivity index (χ2n) is 31.9. The monoisotopic (exact) mass is 1560 g/mol. The fourth-order valence-electron chi connectivity index (χ4n) is 13.2. The van der Waals surface area contributed by atoms with Crippen LogP contribution < -0.4 is 0 Å². The number of carbonyl (C=O) groups is 4. The molecule has 0 aliphatic heterocycles. The predicted molar refractivity (Wildman–Crippen MR) is 441 cm³/mol. The lowest BCUT2D eigenvalue weighted by molar-refractivity contribution is -0.161. The lowest BCUT2D eigenvalue weighted by Gasteiger charge is -2.21. The van der Waals surface area contributed by atoms with Gasteiger partial charge in [0.1, 0.15) is 19.3 Å². The number of ether oxygens (including phenoxy) is 4. The van der Waals surface area contributed by atoms with Gasteiger partial charge in [-0.25, -0.2) is 9.13 Å². The molecule has 5 atom stereocenters. The summed E-state index contributed by atoms with van der Waals surface area (Å²) in [5.74, 6) is -0.590. The highest BCUT2D eigenvalue weighted by molar-refractivity contribution is 7.47. The average Bonchev–Trinajstić information content (AvgIpc) is 0.907. The van der Waals surface area contributed by atoms with Crippen molar-refractivity contribution in [3.05, 3.63) is 24.3 Å². The first-order valence-electron chi connectivity index (χ1n) is 44.8. The lowest BCUT2D eigenvalue weighted by atomic mass is 10.0. The number of aliphatic hydroxyl groups excluding tert-OH is 1. The topological polar surface area (TPSA) is 237 Å². The third-order valence-corrected chi connectivity index (χ3v) is 22.0. The summed E-state index contributed by atoms with van der Waals surface area (Å²) in [6, 6.07) is 0. The molecule has 0 radical (unpaired) electrons. The molecule has 107 heavy (non-hydrogen) atoms. The molecule has 0 amide bonds. The molecule has 0 bridgehead atoms. The molecule has 19 heteroatoms. The maximum Gasteiger partial charge on any atom is 0.472 e. The normalized spacial score (nSPS) is 13.9. The Morgan fingerprint density at radius 3 is 0.766 bits per heavy atom. The Morgan fingerprint density at radius 2 is 0.505 bits per heavy atom. The highest BCUT2D eigenvalue weighted by Gasteiger charge is 2.30. The SMILES string of the molecule is CCCCCC/C=C\C=C/CCCCCCCC(=O)O[C@H](COC(=O)CCCCCCCCCCC(C)C)COP(=O)(O)OC[C@H](O)COP(=O)(O)OC[C@@H](COC(=O)CCCCCCCCCCCCCCCCCCCCCC)OC(=O)CCCCCCCCCCCCCCCCCCCCC(C)C. The number of unbranched alkanes of at least 4 members (excludes halogenated alkanes) is 52. The fourth-order valence-corrected chi connectivity index (χ4v) is 14.8. The third kappa shape index (κ3) is 81.4. The van der Waals surface area contributed by atoms with E-state index < -0.39 is 97.5 Å². The van der Waals surface area contributed by atoms with Crippen molar-refractivity contribution in [3.63, 3.8) is 0 Å². The first kappa shape index (κ1) is 105. The Morgan fingerprint density at radius 1 is 0.290 bits per heavy atom. The second-order valence-corrected chi connectivity index (χ2v) is 34.8. The maximum absolute atomic E-state index is 13.2. The standard InChI is InChI=1S/C88H168O17P2/c1-7-9-11-13-15-17-19-21-23-24-25-26-30-34-37-41-45-52-58-64-70-85(90)98-76-83(104-87(92)73-67-61-55-47-43-39-35-31-28-27-29-33-36-40-44-50-56-62-68-80(3)4)78-102-106(94,95)100-74-82(89)75-101-107(96,97)103-79-84(77-99-86(91)71-65-59-53-49-48-51-57-63-69-81(5)6)105-88(93)72-66-60-54-46-42-38-32-22-20-18-16-14-12-10-8-2/h18,20,22,32,80-84,89H,7-17,19,21,23-31,33-79H2,1-6H3,(H,94,95)(H,96,97)/b20-18-,32-22-/t82-,83-,84-/m1/s1. The predicted octanol–water partition coefficient (Wildman–Crippen LogP) is 26.6. The number of rotatable bonds is 85. The zero-order valence-corrected chi connectivity index (χ0v) is 71.7. The maximum atomic E-state index is 13.2. The summed E-state index contributed by atoms with van der Waals surface area (Å²) in [6.07, 6.45) is 74.6. The van der Waals surface area contributed by atoms with E-state index in [1.54, 1.807) is 0 Å². The van der Waals surface area contributed by atoms with Gasteiger partial charge in [0, 0.05) is 25.7 Å². The number of aliphatic hydroxyl groups is 1. The van der Waals surface area contributed by atoms with E-state index in [9.17, 15) is 43.2 Å². The smallest absolute Gasteiger partial charge is 0.462 e. The van der Waals surface area contributed by atoms with Gasteiger partial charge in [-0.05, 0) is 63.2 Å². The van der Waals surface area contributed by atoms with E-state index in [1.165, 1.54) is 244 Å². The van der Waals surface area contributed by atoms with Crippen LogP contribution in [0.4, 0.5) is 0 Å². The van der Waals surface area contributed by atoms with Gasteiger partial charge in [0.25, 0.3) is 0 Å². The zero-order valence-electron chi connectivity index (χ0n) is 69.9. The van der Waals surface area contributed by atoms with Crippen LogP contribution >= 0.6 is 15.6 Å². The number of hydrogen-bond acceptors (Lipinski definition) is 15. The molecule has 2 unspecified atom stereocenters. The molecule has 0 aliphatic rings. The van der Waals surface area contributed by atoms with Gasteiger partial charge in [0.05, 0.1) is 26.4 Å². The van der Waals surface area contributed by atoms with Gasteiger partial charge in [0.15, 0.2) is 12.2 Å². The summed E-state index contributed by atoms with van der Waals surface area (Å²) in [5.41, 5.74) is 0. The molecule has 0 rings (SSSR count). The molecule has 0 saturated heterocycles. The molecule has 3 N–H and O–H groups in total. The second kappa shape index (κ2) is 78.8. The summed E-state index contributed by atoms with van der Waals surface area (Å²) in [6.45, 7) is 9.61. The van der Waals surface area contributed by atoms with E-state index in [1.807, 2.05) is 0 Å². The van der Waals surface area contributed by atoms with E-state index in [0.29, 0.717) is 25.7 Å². The van der Waals surface area contributed by atoms with Gasteiger partial charge in [-0.2, -0.15) is 0 Å². The van der Waals surface area contributed by atoms with Crippen molar-refractivity contribution >= 4 is 39.5 Å². The molecular weight excluding hydrogens is 1390 g/mol. The van der Waals surface area contributed by atoms with Gasteiger partial charge in [0.2, 0.25) is 0 Å². The molecule has 0 aromatic heterocycles. The van der Waals surface area contributed by atoms with E-state index in [4.69, 9.17) is 37.0 Å². The van der Waals surface area contributed by atoms with Crippen molar-refractivity contribution in [2.24, 2.45) is 11.8 Å². The van der Waals surface area contributed by atoms with E-state index in [-0.39, 0.29) is 25.7 Å². The quantitative estimate of drug-likeness (QED) is 0.0169. The van der Waals surface area contributed by atoms with Crippen LogP contribution in [-0.2, 0) is 65.4 Å². The Bertz CT molecular complexity index is 2140. The fraction of sp³-hybridized carbons (Fsp3) is 0.909. The van der Waals surface area contributed by atoms with Crippen molar-refractivity contribution in [2.75, 3.05) is 39.6 Å². The molecule has 17 nitrogen and oxygen atoms in total. The third-order valence-electron chi connectivity index (χ3n) is 20.1. The minimum Gasteiger partial charge on any atom is -0.462 e. The highest BCUT2D eigenvalue weighted by atomic mass is 31.2. The van der Waals surface area contributed by atoms with Crippen LogP contribution in [0.1, 0.15) is 446 Å². The summed E-state index contributed by atoms with van der Waals surface area (Å²) in [4.78, 5) is 73.2. The summed E-state index contributed by atoms with van der Waals surface area (Å²) in [5, 5.41) is 10.7. The van der Waals surface area contributed by atoms with E-state index >= 15 is 0 Å². The summed E-state index contributed by atoms with van der Waals surface area (Å²) < 4.78 is 68.9. The van der Waals surface area contributed by atoms with E-state index in [0.717, 1.165) is 121 Å². The van der Waals surface area contributed by atoms with Crippen molar-refractivity contribution in [1.82, 2.24) is 0 Å². The summed E-state index contributed by atoms with van der Waals surface area (Å²) >= 11 is 0. The largest absolute Gasteiger partial charge is 0.472 e. The Labute approximate surface area is 656 Å². The molecular formula is C88H168O17P2. The molecule has 0 saturated carbocycles. The number of phosphoric acid groups is 2. The zero-order chi connectivity index (χ0) is 78.5. The van der Waals surface area contributed by atoms with Crippen LogP contribution in [0.15, 0.2) is 24.3 Å². The number of esters is 4. The lowest BCUT2D eigenvalue weighted by Crippen LogP contribution is -2.30. The molecule has 0 aliphatic carbocycles. The molecule has 0 aromatic carbocycles. The van der Waals surface area contributed by atoms with Crippen LogP contribution in [0.25, 0.3) is 0 Å². The number of carbonyl (C=O) groups excluding carboxylic acids is 4. The van der Waals surface area contributed by atoms with Crippen LogP contribution in [0, 0.1) is 11.8 Å². The Balaban J connectivity index is 5.26. The number of hydrogen-bond donors (Lipinski definition) is 3. The minimum absolute atomic E-state index is 0.0848. The Hall–Kier alpha value is -2.46. The molecule has 632 valence electrons. The van der Waals surface area contributed by atoms with Crippen molar-refractivity contribution in [3.8, 4) is 0 Å². The van der Waals surface area contributed by atoms with Gasteiger partial charge in [-0.15, -0.1) is 0 Å². The van der Waals surface area contributed by atoms with Crippen LogP contribution in [0.3, 0.4) is 0 Å². The van der Waals surface area contributed by atoms with Crippen LogP contribution in [0.5, 0.6) is 0 Å². The van der Waals surface area contributed by atoms with Crippen LogP contribution in [0.2, 0.25) is 0 Å². The Kier molecular flexibility index (Phi) is 77.0. The van der Waals surface area contributed by atoms with Crippen molar-refractivity contribution < 1.29 is 80.2 Å². The van der Waals surface area contributed by atoms with Gasteiger partial charge < -0.3 is 33.8 Å². The van der Waals surface area contributed by atoms with Gasteiger partial charge >= 0.3 is 39.5 Å². The van der Waals surface area contributed by atoms with Gasteiger partial charge in [-0.3, -0.25) is 37.3 Å².